The average molecular weight is 839 g/mol. The maximum atomic E-state index is 13.9. The number of H-pyrrole nitrogens is 2. The minimum atomic E-state index is -1.02. The summed E-state index contributed by atoms with van der Waals surface area (Å²) in [5, 5.41) is 26.6. The van der Waals surface area contributed by atoms with Gasteiger partial charge in [0.25, 0.3) is 11.8 Å². The monoisotopic (exact) mass is 838 g/mol. The van der Waals surface area contributed by atoms with E-state index in [0.29, 0.717) is 22.8 Å². The molecule has 0 aliphatic carbocycles. The molecule has 6 aromatic rings. The second-order valence-electron chi connectivity index (χ2n) is 15.3. The largest absolute Gasteiger partial charge is 0.453 e. The van der Waals surface area contributed by atoms with Crippen LogP contribution in [0.3, 0.4) is 0 Å². The molecule has 2 saturated heterocycles. The van der Waals surface area contributed by atoms with Gasteiger partial charge < -0.3 is 50.1 Å². The van der Waals surface area contributed by atoms with Crippen LogP contribution < -0.4 is 10.6 Å². The van der Waals surface area contributed by atoms with Gasteiger partial charge in [0.1, 0.15) is 23.7 Å². The van der Waals surface area contributed by atoms with Crippen LogP contribution in [-0.2, 0) is 19.1 Å². The number of carbonyl (C=O) groups excluding carboxylic acids is 4. The van der Waals surface area contributed by atoms with Crippen molar-refractivity contribution >= 4 is 24.0 Å². The van der Waals surface area contributed by atoms with Crippen molar-refractivity contribution in [2.75, 3.05) is 27.3 Å². The number of β-amino-alcohol motifs (C(OH)–C–C–N with tert-alkyl or cyclic N) is 2. The average Bonchev–Trinajstić information content (AvgIpc) is 4.14. The summed E-state index contributed by atoms with van der Waals surface area (Å²) < 4.78 is 9.59. The van der Waals surface area contributed by atoms with E-state index in [2.05, 4.69) is 30.6 Å². The molecule has 16 heteroatoms. The van der Waals surface area contributed by atoms with Crippen molar-refractivity contribution in [2.45, 2.75) is 49.2 Å². The molecule has 0 radical (unpaired) electrons. The predicted octanol–water partition coefficient (Wildman–Crippen LogP) is 5.60. The summed E-state index contributed by atoms with van der Waals surface area (Å²) in [5.74, 6) is 0.263. The number of ether oxygens (including phenoxy) is 2. The molecule has 0 unspecified atom stereocenters. The smallest absolute Gasteiger partial charge is 0.407 e. The quantitative estimate of drug-likeness (QED) is 0.0951. The summed E-state index contributed by atoms with van der Waals surface area (Å²) in [6.07, 6.45) is 0.931. The van der Waals surface area contributed by atoms with Gasteiger partial charge in [-0.25, -0.2) is 19.6 Å². The molecule has 4 heterocycles. The normalized spacial score (nSPS) is 19.4. The second kappa shape index (κ2) is 18.1. The summed E-state index contributed by atoms with van der Waals surface area (Å²) in [5.41, 5.74) is 6.36. The van der Waals surface area contributed by atoms with E-state index in [1.807, 2.05) is 60.7 Å². The number of aliphatic hydroxyl groups is 2. The standard InChI is InChI=1S/C46H46N8O8/c1-61-45(59)51-39(31-9-5-3-6-10-31)43(57)53-25-33(55)21-37(53)41-47-23-35(49-41)29-17-13-27(14-18-29)28-15-19-30(20-16-28)36-24-48-42(50-36)38-22-34(56)26-54(38)44(58)40(52-46(60)62-2)32-11-7-4-8-12-32/h3-20,23-24,33-34,37-40,55-56H,21-22,25-26H2,1-2H3,(H,47,49)(H,48,50)(H,51,59)(H,52,60)/t33-,34-,37-,38-,39+,40+/m0/s1. The highest BCUT2D eigenvalue weighted by molar-refractivity contribution is 5.88. The summed E-state index contributed by atoms with van der Waals surface area (Å²) >= 11 is 0. The molecule has 2 aliphatic heterocycles. The van der Waals surface area contributed by atoms with Crippen molar-refractivity contribution < 1.29 is 38.9 Å². The van der Waals surface area contributed by atoms with E-state index in [-0.39, 0.29) is 37.7 Å². The number of nitrogens with zero attached hydrogens (tertiary/aromatic N) is 4. The van der Waals surface area contributed by atoms with Crippen molar-refractivity contribution in [3.05, 3.63) is 144 Å². The highest BCUT2D eigenvalue weighted by Crippen LogP contribution is 2.37. The van der Waals surface area contributed by atoms with Crippen LogP contribution in [0.25, 0.3) is 33.6 Å². The van der Waals surface area contributed by atoms with E-state index in [1.54, 1.807) is 70.7 Å². The number of imidazole rings is 2. The van der Waals surface area contributed by atoms with Crippen molar-refractivity contribution in [1.82, 2.24) is 40.4 Å². The van der Waals surface area contributed by atoms with Crippen LogP contribution >= 0.6 is 0 Å². The summed E-state index contributed by atoms with van der Waals surface area (Å²) in [6, 6.07) is 30.6. The lowest BCUT2D eigenvalue weighted by Gasteiger charge is -2.28. The van der Waals surface area contributed by atoms with E-state index in [4.69, 9.17) is 9.47 Å². The third-order valence-electron chi connectivity index (χ3n) is 11.3. The number of rotatable bonds is 11. The number of hydrogen-bond acceptors (Lipinski definition) is 10. The zero-order valence-electron chi connectivity index (χ0n) is 34.0. The first-order chi connectivity index (χ1) is 30.1. The number of likely N-dealkylation sites (tertiary alicyclic amines) is 2. The number of methoxy groups -OCH3 is 2. The molecule has 2 fully saturated rings. The van der Waals surface area contributed by atoms with E-state index in [0.717, 1.165) is 33.6 Å². The molecule has 16 nitrogen and oxygen atoms in total. The number of aromatic nitrogens is 4. The predicted molar refractivity (Wildman–Crippen MR) is 227 cm³/mol. The van der Waals surface area contributed by atoms with E-state index >= 15 is 0 Å². The van der Waals surface area contributed by atoms with Gasteiger partial charge in [0.05, 0.1) is 62.3 Å². The van der Waals surface area contributed by atoms with Gasteiger partial charge in [0, 0.05) is 25.9 Å². The molecule has 0 spiro atoms. The van der Waals surface area contributed by atoms with Gasteiger partial charge in [0.15, 0.2) is 0 Å². The van der Waals surface area contributed by atoms with Crippen molar-refractivity contribution in [3.63, 3.8) is 0 Å². The first kappa shape index (κ1) is 41.4. The Bertz CT molecular complexity index is 2340. The van der Waals surface area contributed by atoms with Gasteiger partial charge >= 0.3 is 12.2 Å². The van der Waals surface area contributed by atoms with Crippen LogP contribution in [0.1, 0.15) is 59.8 Å². The van der Waals surface area contributed by atoms with Crippen LogP contribution in [-0.4, -0.2) is 103 Å². The third kappa shape index (κ3) is 8.77. The molecule has 8 rings (SSSR count). The molecule has 4 aromatic carbocycles. The highest BCUT2D eigenvalue weighted by atomic mass is 16.5. The Morgan fingerprint density at radius 3 is 1.29 bits per heavy atom. The molecular weight excluding hydrogens is 793 g/mol. The van der Waals surface area contributed by atoms with Crippen LogP contribution in [0.15, 0.2) is 122 Å². The molecule has 0 saturated carbocycles. The van der Waals surface area contributed by atoms with Gasteiger partial charge in [-0.15, -0.1) is 0 Å². The number of nitrogens with one attached hydrogen (secondary N) is 4. The van der Waals surface area contributed by atoms with Crippen LogP contribution in [0.4, 0.5) is 9.59 Å². The number of aliphatic hydroxyl groups excluding tert-OH is 2. The Morgan fingerprint density at radius 2 is 0.935 bits per heavy atom. The van der Waals surface area contributed by atoms with Crippen molar-refractivity contribution in [3.8, 4) is 33.6 Å². The molecule has 0 bridgehead atoms. The fraction of sp³-hybridized carbons (Fsp3) is 0.261. The molecule has 318 valence electrons. The third-order valence-corrected chi connectivity index (χ3v) is 11.3. The number of amides is 4. The summed E-state index contributed by atoms with van der Waals surface area (Å²) in [4.78, 5) is 71.4. The van der Waals surface area contributed by atoms with Gasteiger partial charge in [-0.3, -0.25) is 9.59 Å². The Kier molecular flexibility index (Phi) is 12.1. The minimum absolute atomic E-state index is 0.0816. The number of carbonyl (C=O) groups is 4. The van der Waals surface area contributed by atoms with Crippen molar-refractivity contribution in [2.24, 2.45) is 0 Å². The second-order valence-corrected chi connectivity index (χ2v) is 15.3. The Hall–Kier alpha value is -7.30. The Morgan fingerprint density at radius 1 is 0.581 bits per heavy atom. The molecule has 6 N–H and O–H groups in total. The zero-order valence-corrected chi connectivity index (χ0v) is 34.0. The SMILES string of the molecule is COC(=O)N[C@@H](C(=O)N1C[C@@H](O)C[C@H]1c1ncc(-c2ccc(-c3ccc(-c4cnc([C@@H]5C[C@H](O)CN5C(=O)[C@H](NC(=O)OC)c5ccccc5)[nH]4)cc3)cc2)[nH]1)c1ccccc1. The molecule has 62 heavy (non-hydrogen) atoms. The van der Waals surface area contributed by atoms with Crippen LogP contribution in [0.2, 0.25) is 0 Å². The Labute approximate surface area is 356 Å². The molecule has 4 amide bonds. The Balaban J connectivity index is 0.944. The topological polar surface area (TPSA) is 215 Å². The lowest BCUT2D eigenvalue weighted by atomic mass is 10.0. The van der Waals surface area contributed by atoms with Crippen molar-refractivity contribution in [1.29, 1.82) is 0 Å². The fourth-order valence-electron chi connectivity index (χ4n) is 8.17. The number of benzene rings is 4. The van der Waals surface area contributed by atoms with Gasteiger partial charge in [-0.1, -0.05) is 109 Å². The van der Waals surface area contributed by atoms with Gasteiger partial charge in [0.2, 0.25) is 0 Å². The molecule has 2 aromatic heterocycles. The highest BCUT2D eigenvalue weighted by Gasteiger charge is 2.42. The van der Waals surface area contributed by atoms with E-state index < -0.39 is 48.6 Å². The fourth-order valence-corrected chi connectivity index (χ4v) is 8.17. The van der Waals surface area contributed by atoms with Gasteiger partial charge in [-0.2, -0.15) is 0 Å². The number of aromatic amines is 2. The maximum Gasteiger partial charge on any atom is 0.407 e. The van der Waals surface area contributed by atoms with Crippen LogP contribution in [0.5, 0.6) is 0 Å². The van der Waals surface area contributed by atoms with Gasteiger partial charge in [-0.05, 0) is 33.4 Å². The summed E-state index contributed by atoms with van der Waals surface area (Å²) in [6.45, 7) is 0.163. The first-order valence-electron chi connectivity index (χ1n) is 20.2. The lowest BCUT2D eigenvalue weighted by Crippen LogP contribution is -2.43. The zero-order chi connectivity index (χ0) is 43.3. The van der Waals surface area contributed by atoms with Crippen LogP contribution in [0, 0.1) is 0 Å². The van der Waals surface area contributed by atoms with E-state index in [1.165, 1.54) is 14.2 Å². The van der Waals surface area contributed by atoms with E-state index in [9.17, 15) is 29.4 Å². The molecule has 2 aliphatic rings. The number of alkyl carbamates (subject to hydrolysis) is 2. The lowest BCUT2D eigenvalue weighted by molar-refractivity contribution is -0.135. The number of hydrogen-bond donors (Lipinski definition) is 6. The minimum Gasteiger partial charge on any atom is -0.453 e. The first-order valence-corrected chi connectivity index (χ1v) is 20.2. The maximum absolute atomic E-state index is 13.9. The summed E-state index contributed by atoms with van der Waals surface area (Å²) in [7, 11) is 2.47. The molecular formula is C46H46N8O8. The molecule has 6 atom stereocenters.